The summed E-state index contributed by atoms with van der Waals surface area (Å²) < 4.78 is 11.4. The molecule has 3 heteroatoms. The van der Waals surface area contributed by atoms with Gasteiger partial charge in [-0.1, -0.05) is 72.8 Å². The average molecular weight is 384 g/mol. The number of esters is 1. The molecule has 0 heterocycles. The van der Waals surface area contributed by atoms with Gasteiger partial charge in [0.2, 0.25) is 0 Å². The molecule has 0 atom stereocenters. The highest BCUT2D eigenvalue weighted by Gasteiger charge is 2.19. The van der Waals surface area contributed by atoms with E-state index in [0.29, 0.717) is 5.75 Å². The quantitative estimate of drug-likeness (QED) is 0.383. The van der Waals surface area contributed by atoms with Crippen LogP contribution in [0.3, 0.4) is 0 Å². The van der Waals surface area contributed by atoms with Crippen LogP contribution >= 0.6 is 0 Å². The summed E-state index contributed by atoms with van der Waals surface area (Å²) in [7, 11) is 0. The smallest absolute Gasteiger partial charge is 0.344 e. The lowest BCUT2D eigenvalue weighted by molar-refractivity contribution is -0.157. The van der Waals surface area contributed by atoms with Crippen molar-refractivity contribution in [1.82, 2.24) is 0 Å². The van der Waals surface area contributed by atoms with E-state index >= 15 is 0 Å². The van der Waals surface area contributed by atoms with Crippen LogP contribution in [0.2, 0.25) is 0 Å². The SMILES string of the molecule is CC(C)(C)OC(=O)COc1ccc2ccccc2c1-c1cccc2ccccc12. The molecular formula is C26H24O3. The molecule has 0 aliphatic rings. The summed E-state index contributed by atoms with van der Waals surface area (Å²) in [5.41, 5.74) is 1.53. The van der Waals surface area contributed by atoms with Crippen molar-refractivity contribution in [2.45, 2.75) is 26.4 Å². The van der Waals surface area contributed by atoms with Crippen LogP contribution in [0.5, 0.6) is 5.75 Å². The van der Waals surface area contributed by atoms with Crippen LogP contribution in [0.15, 0.2) is 78.9 Å². The first-order valence-corrected chi connectivity index (χ1v) is 9.77. The van der Waals surface area contributed by atoms with Gasteiger partial charge in [-0.15, -0.1) is 0 Å². The fourth-order valence-corrected chi connectivity index (χ4v) is 3.60. The van der Waals surface area contributed by atoms with E-state index in [1.807, 2.05) is 57.2 Å². The molecule has 0 unspecified atom stereocenters. The summed E-state index contributed by atoms with van der Waals surface area (Å²) in [6.07, 6.45) is 0. The van der Waals surface area contributed by atoms with Crippen LogP contribution in [0.1, 0.15) is 20.8 Å². The highest BCUT2D eigenvalue weighted by atomic mass is 16.6. The largest absolute Gasteiger partial charge is 0.481 e. The van der Waals surface area contributed by atoms with Crippen LogP contribution in [0.25, 0.3) is 32.7 Å². The molecule has 146 valence electrons. The van der Waals surface area contributed by atoms with Crippen LogP contribution in [-0.2, 0) is 9.53 Å². The average Bonchev–Trinajstić information content (AvgIpc) is 2.70. The molecule has 0 fully saturated rings. The Labute approximate surface area is 170 Å². The van der Waals surface area contributed by atoms with Crippen molar-refractivity contribution in [2.75, 3.05) is 6.61 Å². The van der Waals surface area contributed by atoms with Gasteiger partial charge in [0, 0.05) is 5.56 Å². The molecule has 0 aliphatic heterocycles. The fourth-order valence-electron chi connectivity index (χ4n) is 3.60. The highest BCUT2D eigenvalue weighted by molar-refractivity contribution is 6.07. The summed E-state index contributed by atoms with van der Waals surface area (Å²) in [5, 5.41) is 4.52. The number of hydrogen-bond donors (Lipinski definition) is 0. The summed E-state index contributed by atoms with van der Waals surface area (Å²) >= 11 is 0. The van der Waals surface area contributed by atoms with E-state index in [4.69, 9.17) is 9.47 Å². The Morgan fingerprint density at radius 3 is 2.10 bits per heavy atom. The monoisotopic (exact) mass is 384 g/mol. The van der Waals surface area contributed by atoms with Crippen molar-refractivity contribution in [3.8, 4) is 16.9 Å². The number of ether oxygens (including phenoxy) is 2. The number of fused-ring (bicyclic) bond motifs is 2. The molecule has 4 aromatic carbocycles. The molecule has 0 radical (unpaired) electrons. The first kappa shape index (κ1) is 19.0. The first-order valence-electron chi connectivity index (χ1n) is 9.77. The maximum absolute atomic E-state index is 12.2. The van der Waals surface area contributed by atoms with Crippen LogP contribution in [0.4, 0.5) is 0 Å². The second kappa shape index (κ2) is 7.59. The van der Waals surface area contributed by atoms with E-state index in [-0.39, 0.29) is 12.6 Å². The highest BCUT2D eigenvalue weighted by Crippen LogP contribution is 2.40. The van der Waals surface area contributed by atoms with Gasteiger partial charge in [-0.25, -0.2) is 4.79 Å². The second-order valence-electron chi connectivity index (χ2n) is 8.06. The zero-order chi connectivity index (χ0) is 20.4. The third-order valence-electron chi connectivity index (χ3n) is 4.72. The first-order chi connectivity index (χ1) is 13.9. The normalized spacial score (nSPS) is 11.6. The van der Waals surface area contributed by atoms with Gasteiger partial charge in [-0.2, -0.15) is 0 Å². The van der Waals surface area contributed by atoms with E-state index in [1.165, 1.54) is 0 Å². The molecule has 0 saturated heterocycles. The van der Waals surface area contributed by atoms with Gasteiger partial charge in [0.25, 0.3) is 0 Å². The van der Waals surface area contributed by atoms with E-state index in [1.54, 1.807) is 0 Å². The maximum atomic E-state index is 12.2. The number of carbonyl (C=O) groups excluding carboxylic acids is 1. The minimum absolute atomic E-state index is 0.132. The standard InChI is InChI=1S/C26H24O3/c1-26(2,3)29-24(27)17-28-23-16-15-19-10-5-7-13-21(19)25(23)22-14-8-11-18-9-4-6-12-20(18)22/h4-16H,17H2,1-3H3. The number of rotatable bonds is 4. The molecule has 0 spiro atoms. The molecule has 3 nitrogen and oxygen atoms in total. The Balaban J connectivity index is 1.83. The Morgan fingerprint density at radius 1 is 0.759 bits per heavy atom. The maximum Gasteiger partial charge on any atom is 0.344 e. The molecule has 4 aromatic rings. The second-order valence-corrected chi connectivity index (χ2v) is 8.06. The van der Waals surface area contributed by atoms with Crippen molar-refractivity contribution in [3.05, 3.63) is 78.9 Å². The van der Waals surface area contributed by atoms with Gasteiger partial charge >= 0.3 is 5.97 Å². The minimum atomic E-state index is -0.539. The fraction of sp³-hybridized carbons (Fsp3) is 0.192. The predicted molar refractivity (Wildman–Crippen MR) is 118 cm³/mol. The number of carbonyl (C=O) groups is 1. The van der Waals surface area contributed by atoms with Crippen molar-refractivity contribution in [2.24, 2.45) is 0 Å². The molecule has 0 aliphatic carbocycles. The summed E-state index contributed by atoms with van der Waals surface area (Å²) in [6.45, 7) is 5.42. The molecule has 0 aromatic heterocycles. The zero-order valence-corrected chi connectivity index (χ0v) is 16.9. The molecule has 0 N–H and O–H groups in total. The van der Waals surface area contributed by atoms with E-state index in [2.05, 4.69) is 42.5 Å². The molecule has 0 amide bonds. The van der Waals surface area contributed by atoms with Crippen LogP contribution in [-0.4, -0.2) is 18.2 Å². The third-order valence-corrected chi connectivity index (χ3v) is 4.72. The summed E-state index contributed by atoms with van der Waals surface area (Å²) in [6, 6.07) is 26.7. The topological polar surface area (TPSA) is 35.5 Å². The molecule has 0 bridgehead atoms. The molecular weight excluding hydrogens is 360 g/mol. The van der Waals surface area contributed by atoms with Crippen LogP contribution in [0, 0.1) is 0 Å². The van der Waals surface area contributed by atoms with Crippen molar-refractivity contribution in [1.29, 1.82) is 0 Å². The van der Waals surface area contributed by atoms with Gasteiger partial charge in [0.1, 0.15) is 11.4 Å². The Bertz CT molecular complexity index is 1180. The lowest BCUT2D eigenvalue weighted by Gasteiger charge is -2.20. The van der Waals surface area contributed by atoms with Gasteiger partial charge in [0.15, 0.2) is 6.61 Å². The van der Waals surface area contributed by atoms with E-state index in [9.17, 15) is 4.79 Å². The van der Waals surface area contributed by atoms with E-state index in [0.717, 1.165) is 32.7 Å². The Morgan fingerprint density at radius 2 is 1.38 bits per heavy atom. The molecule has 4 rings (SSSR count). The van der Waals surface area contributed by atoms with Crippen molar-refractivity contribution < 1.29 is 14.3 Å². The van der Waals surface area contributed by atoms with Crippen molar-refractivity contribution in [3.63, 3.8) is 0 Å². The van der Waals surface area contributed by atoms with Crippen LogP contribution < -0.4 is 4.74 Å². The number of hydrogen-bond acceptors (Lipinski definition) is 3. The van der Waals surface area contributed by atoms with Gasteiger partial charge in [-0.05, 0) is 53.9 Å². The van der Waals surface area contributed by atoms with E-state index < -0.39 is 5.60 Å². The summed E-state index contributed by atoms with van der Waals surface area (Å²) in [4.78, 5) is 12.2. The van der Waals surface area contributed by atoms with Gasteiger partial charge < -0.3 is 9.47 Å². The minimum Gasteiger partial charge on any atom is -0.481 e. The number of benzene rings is 4. The van der Waals surface area contributed by atoms with Gasteiger partial charge in [0.05, 0.1) is 0 Å². The predicted octanol–water partition coefficient (Wildman–Crippen LogP) is 6.38. The lowest BCUT2D eigenvalue weighted by Crippen LogP contribution is -2.27. The zero-order valence-electron chi connectivity index (χ0n) is 16.9. The third kappa shape index (κ3) is 4.09. The molecule has 0 saturated carbocycles. The van der Waals surface area contributed by atoms with Crippen molar-refractivity contribution >= 4 is 27.5 Å². The Hall–Kier alpha value is -3.33. The lowest BCUT2D eigenvalue weighted by atomic mass is 9.93. The Kier molecular flexibility index (Phi) is 4.98. The summed E-state index contributed by atoms with van der Waals surface area (Å²) in [5.74, 6) is 0.292. The molecule has 29 heavy (non-hydrogen) atoms. The van der Waals surface area contributed by atoms with Gasteiger partial charge in [-0.3, -0.25) is 0 Å².